The van der Waals surface area contributed by atoms with Crippen molar-refractivity contribution in [1.82, 2.24) is 9.97 Å². The van der Waals surface area contributed by atoms with Crippen LogP contribution in [0.3, 0.4) is 0 Å². The lowest BCUT2D eigenvalue weighted by Crippen LogP contribution is -2.28. The van der Waals surface area contributed by atoms with Crippen LogP contribution in [0.4, 0.5) is 0 Å². The van der Waals surface area contributed by atoms with Crippen LogP contribution in [0, 0.1) is 0 Å². The van der Waals surface area contributed by atoms with E-state index in [0.717, 1.165) is 0 Å². The molecule has 0 aliphatic rings. The van der Waals surface area contributed by atoms with Crippen LogP contribution in [-0.4, -0.2) is 44.7 Å². The van der Waals surface area contributed by atoms with E-state index in [0.29, 0.717) is 0 Å². The number of hydrogen-bond acceptors (Lipinski definition) is 7. The summed E-state index contributed by atoms with van der Waals surface area (Å²) in [5, 5.41) is 30.9. The molecule has 0 bridgehead atoms. The molecule has 7 nitrogen and oxygen atoms in total. The Balaban J connectivity index is 0.000000223. The van der Waals surface area contributed by atoms with Gasteiger partial charge in [-0.05, 0) is 6.07 Å². The number of hydrogen-bond donors (Lipinski definition) is 4. The SMILES string of the molecule is OB(O)OB(O)O.c1cncnc1. The second-order valence-electron chi connectivity index (χ2n) is 1.69. The first-order valence-corrected chi connectivity index (χ1v) is 3.20. The van der Waals surface area contributed by atoms with Crippen LogP contribution < -0.4 is 0 Å². The highest BCUT2D eigenvalue weighted by Gasteiger charge is 2.18. The van der Waals surface area contributed by atoms with E-state index in [9.17, 15) is 0 Å². The predicted molar refractivity (Wildman–Crippen MR) is 43.5 cm³/mol. The van der Waals surface area contributed by atoms with Gasteiger partial charge in [0.2, 0.25) is 0 Å². The van der Waals surface area contributed by atoms with Crippen molar-refractivity contribution in [3.63, 3.8) is 0 Å². The molecule has 1 aromatic heterocycles. The summed E-state index contributed by atoms with van der Waals surface area (Å²) in [7, 11) is -4.25. The fraction of sp³-hybridized carbons (Fsp3) is 0. The first-order chi connectivity index (χ1) is 6.13. The van der Waals surface area contributed by atoms with Crippen LogP contribution in [-0.2, 0) is 4.57 Å². The normalized spacial score (nSPS) is 8.31. The molecule has 0 atom stereocenters. The van der Waals surface area contributed by atoms with Crippen molar-refractivity contribution in [2.24, 2.45) is 0 Å². The zero-order chi connectivity index (χ0) is 10.1. The van der Waals surface area contributed by atoms with Crippen molar-refractivity contribution < 1.29 is 24.7 Å². The zero-order valence-electron chi connectivity index (χ0n) is 6.56. The maximum atomic E-state index is 7.74. The molecule has 4 N–H and O–H groups in total. The topological polar surface area (TPSA) is 116 Å². The van der Waals surface area contributed by atoms with E-state index < -0.39 is 14.6 Å². The Hall–Kier alpha value is -0.990. The van der Waals surface area contributed by atoms with Gasteiger partial charge in [-0.2, -0.15) is 0 Å². The standard InChI is InChI=1S/C4H4N2.B2H4O5/c1-2-5-4-6-3-1;3-1(4)7-2(5)6/h1-4H;3-6H. The average Bonchev–Trinajstić information content (AvgIpc) is 2.06. The zero-order valence-corrected chi connectivity index (χ0v) is 6.56. The maximum Gasteiger partial charge on any atom is 0.621 e. The molecule has 1 rings (SSSR count). The summed E-state index contributed by atoms with van der Waals surface area (Å²) >= 11 is 0. The summed E-state index contributed by atoms with van der Waals surface area (Å²) in [5.74, 6) is 0. The molecule has 0 amide bonds. The van der Waals surface area contributed by atoms with Gasteiger partial charge in [-0.3, -0.25) is 0 Å². The highest BCUT2D eigenvalue weighted by molar-refractivity contribution is 6.48. The predicted octanol–water partition coefficient (Wildman–Crippen LogP) is -2.58. The van der Waals surface area contributed by atoms with Crippen LogP contribution in [0.1, 0.15) is 0 Å². The van der Waals surface area contributed by atoms with Crippen LogP contribution in [0.25, 0.3) is 0 Å². The van der Waals surface area contributed by atoms with Crippen molar-refractivity contribution in [1.29, 1.82) is 0 Å². The van der Waals surface area contributed by atoms with Crippen molar-refractivity contribution >= 4 is 14.6 Å². The number of nitrogens with zero attached hydrogens (tertiary/aromatic N) is 2. The minimum atomic E-state index is -2.13. The van der Waals surface area contributed by atoms with E-state index >= 15 is 0 Å². The van der Waals surface area contributed by atoms with Gasteiger partial charge in [0.05, 0.1) is 0 Å². The molecular formula is C4H8B2N2O5. The molecule has 9 heteroatoms. The molecule has 0 spiro atoms. The fourth-order valence-corrected chi connectivity index (χ4v) is 0.362. The molecule has 0 fully saturated rings. The lowest BCUT2D eigenvalue weighted by molar-refractivity contribution is 0.213. The Morgan fingerprint density at radius 2 is 1.38 bits per heavy atom. The molecule has 0 radical (unpaired) electrons. The second kappa shape index (κ2) is 7.65. The molecule has 0 aliphatic carbocycles. The molecule has 0 saturated carbocycles. The van der Waals surface area contributed by atoms with Gasteiger partial charge in [0.1, 0.15) is 6.33 Å². The van der Waals surface area contributed by atoms with Gasteiger partial charge in [0.15, 0.2) is 0 Å². The Bertz CT molecular complexity index is 166. The summed E-state index contributed by atoms with van der Waals surface area (Å²) in [6, 6.07) is 1.78. The third-order valence-corrected chi connectivity index (χ3v) is 0.721. The van der Waals surface area contributed by atoms with Gasteiger partial charge in [0.25, 0.3) is 0 Å². The molecule has 0 saturated heterocycles. The first kappa shape index (κ1) is 12.0. The summed E-state index contributed by atoms with van der Waals surface area (Å²) in [6.45, 7) is 0. The van der Waals surface area contributed by atoms with Crippen molar-refractivity contribution in [3.8, 4) is 0 Å². The van der Waals surface area contributed by atoms with Crippen molar-refractivity contribution in [2.45, 2.75) is 0 Å². The highest BCUT2D eigenvalue weighted by atomic mass is 16.7. The van der Waals surface area contributed by atoms with Crippen LogP contribution in [0.2, 0.25) is 0 Å². The molecule has 1 aromatic rings. The third-order valence-electron chi connectivity index (χ3n) is 0.721. The number of rotatable bonds is 2. The van der Waals surface area contributed by atoms with Gasteiger partial charge in [-0.25, -0.2) is 9.97 Å². The smallest absolute Gasteiger partial charge is 0.402 e. The fourth-order valence-electron chi connectivity index (χ4n) is 0.362. The van der Waals surface area contributed by atoms with E-state index in [2.05, 4.69) is 14.5 Å². The molecule has 70 valence electrons. The summed E-state index contributed by atoms with van der Waals surface area (Å²) in [5.41, 5.74) is 0. The monoisotopic (exact) mass is 186 g/mol. The molecule has 0 unspecified atom stereocenters. The molecule has 1 heterocycles. The first-order valence-electron chi connectivity index (χ1n) is 3.20. The largest absolute Gasteiger partial charge is 0.621 e. The third kappa shape index (κ3) is 11.0. The second-order valence-corrected chi connectivity index (χ2v) is 1.69. The lowest BCUT2D eigenvalue weighted by atomic mass is 10.1. The molecule has 0 aromatic carbocycles. The van der Waals surface area contributed by atoms with Crippen LogP contribution >= 0.6 is 0 Å². The summed E-state index contributed by atoms with van der Waals surface area (Å²) in [6.07, 6.45) is 4.88. The van der Waals surface area contributed by atoms with Gasteiger partial charge in [-0.1, -0.05) is 0 Å². The Kier molecular flexibility index (Phi) is 7.07. The van der Waals surface area contributed by atoms with E-state index in [1.807, 2.05) is 0 Å². The Labute approximate surface area is 75.0 Å². The molecule has 0 aliphatic heterocycles. The minimum absolute atomic E-state index is 1.50. The maximum absolute atomic E-state index is 7.74. The van der Waals surface area contributed by atoms with Crippen LogP contribution in [0.5, 0.6) is 0 Å². The summed E-state index contributed by atoms with van der Waals surface area (Å²) in [4.78, 5) is 7.35. The van der Waals surface area contributed by atoms with Crippen molar-refractivity contribution in [3.05, 3.63) is 24.8 Å². The van der Waals surface area contributed by atoms with E-state index in [-0.39, 0.29) is 0 Å². The molecular weight excluding hydrogens is 178 g/mol. The number of aromatic nitrogens is 2. The minimum Gasteiger partial charge on any atom is -0.402 e. The quantitative estimate of drug-likeness (QED) is 0.374. The molecule has 13 heavy (non-hydrogen) atoms. The van der Waals surface area contributed by atoms with E-state index in [4.69, 9.17) is 20.1 Å². The van der Waals surface area contributed by atoms with E-state index in [1.54, 1.807) is 18.5 Å². The highest BCUT2D eigenvalue weighted by Crippen LogP contribution is 1.73. The van der Waals surface area contributed by atoms with Crippen LogP contribution in [0.15, 0.2) is 24.8 Å². The average molecular weight is 186 g/mol. The van der Waals surface area contributed by atoms with Crippen molar-refractivity contribution in [2.75, 3.05) is 0 Å². The van der Waals surface area contributed by atoms with Gasteiger partial charge >= 0.3 is 14.6 Å². The van der Waals surface area contributed by atoms with Gasteiger partial charge in [-0.15, -0.1) is 0 Å². The van der Waals surface area contributed by atoms with Gasteiger partial charge < -0.3 is 24.7 Å². The Morgan fingerprint density at radius 1 is 0.923 bits per heavy atom. The van der Waals surface area contributed by atoms with Gasteiger partial charge in [0, 0.05) is 12.4 Å². The Morgan fingerprint density at radius 3 is 1.46 bits per heavy atom. The lowest BCUT2D eigenvalue weighted by Gasteiger charge is -1.95. The van der Waals surface area contributed by atoms with E-state index in [1.165, 1.54) is 6.33 Å². The summed E-state index contributed by atoms with van der Waals surface area (Å²) < 4.78 is 3.47.